The molecule has 1 aliphatic heterocycles. The van der Waals surface area contributed by atoms with Gasteiger partial charge in [-0.1, -0.05) is 5.16 Å². The fourth-order valence-corrected chi connectivity index (χ4v) is 2.75. The molecule has 21 heavy (non-hydrogen) atoms. The molecule has 1 fully saturated rings. The second-order valence-corrected chi connectivity index (χ2v) is 5.47. The fraction of sp³-hybridized carbons (Fsp3) is 0.500. The summed E-state index contributed by atoms with van der Waals surface area (Å²) in [7, 11) is 0. The Labute approximate surface area is 122 Å². The molecule has 2 aromatic heterocycles. The predicted octanol–water partition coefficient (Wildman–Crippen LogP) is 1.52. The Kier molecular flexibility index (Phi) is 4.01. The first-order valence-electron chi connectivity index (χ1n) is 7.15. The number of nitrogens with one attached hydrogen (secondary N) is 2. The van der Waals surface area contributed by atoms with Crippen LogP contribution in [0, 0.1) is 6.92 Å². The lowest BCUT2D eigenvalue weighted by molar-refractivity contribution is -0.117. The molecular formula is C14H19N5O2. The van der Waals surface area contributed by atoms with E-state index in [0.29, 0.717) is 18.3 Å². The van der Waals surface area contributed by atoms with Crippen molar-refractivity contribution in [3.63, 3.8) is 0 Å². The van der Waals surface area contributed by atoms with Crippen molar-refractivity contribution in [3.8, 4) is 0 Å². The van der Waals surface area contributed by atoms with Crippen molar-refractivity contribution in [2.75, 3.05) is 25.0 Å². The molecule has 0 aromatic carbocycles. The number of likely N-dealkylation sites (tertiary alicyclic amines) is 1. The highest BCUT2D eigenvalue weighted by molar-refractivity contribution is 5.90. The van der Waals surface area contributed by atoms with Crippen LogP contribution in [-0.4, -0.2) is 45.8 Å². The van der Waals surface area contributed by atoms with Gasteiger partial charge < -0.3 is 4.52 Å². The molecule has 7 nitrogen and oxygen atoms in total. The highest BCUT2D eigenvalue weighted by Crippen LogP contribution is 2.25. The molecule has 0 saturated carbocycles. The van der Waals surface area contributed by atoms with Crippen LogP contribution in [0.1, 0.15) is 30.1 Å². The molecule has 112 valence electrons. The van der Waals surface area contributed by atoms with Gasteiger partial charge in [0, 0.05) is 30.4 Å². The minimum Gasteiger partial charge on any atom is -0.338 e. The van der Waals surface area contributed by atoms with E-state index < -0.39 is 0 Å². The largest absolute Gasteiger partial charge is 0.338 e. The number of aryl methyl sites for hydroxylation is 1. The van der Waals surface area contributed by atoms with Gasteiger partial charge >= 0.3 is 0 Å². The molecule has 1 saturated heterocycles. The van der Waals surface area contributed by atoms with Crippen LogP contribution >= 0.6 is 0 Å². The molecule has 1 aliphatic rings. The van der Waals surface area contributed by atoms with Gasteiger partial charge in [-0.15, -0.1) is 0 Å². The van der Waals surface area contributed by atoms with Crippen molar-refractivity contribution in [2.24, 2.45) is 0 Å². The van der Waals surface area contributed by atoms with Gasteiger partial charge in [0.2, 0.25) is 11.8 Å². The highest BCUT2D eigenvalue weighted by Gasteiger charge is 2.23. The van der Waals surface area contributed by atoms with Crippen LogP contribution in [0.2, 0.25) is 0 Å². The quantitative estimate of drug-likeness (QED) is 0.891. The van der Waals surface area contributed by atoms with E-state index in [-0.39, 0.29) is 5.91 Å². The van der Waals surface area contributed by atoms with Crippen molar-refractivity contribution in [1.82, 2.24) is 20.3 Å². The number of piperidine rings is 1. The van der Waals surface area contributed by atoms with Crippen LogP contribution in [0.15, 0.2) is 22.9 Å². The Hall–Kier alpha value is -2.15. The third-order valence-electron chi connectivity index (χ3n) is 3.73. The summed E-state index contributed by atoms with van der Waals surface area (Å²) < 4.78 is 4.99. The van der Waals surface area contributed by atoms with E-state index in [1.165, 1.54) is 0 Å². The van der Waals surface area contributed by atoms with Crippen LogP contribution in [-0.2, 0) is 4.79 Å². The number of amides is 1. The number of rotatable bonds is 4. The number of carbonyl (C=O) groups excluding carboxylic acids is 1. The molecule has 0 spiro atoms. The van der Waals surface area contributed by atoms with Crippen molar-refractivity contribution in [1.29, 1.82) is 0 Å². The molecule has 7 heteroatoms. The van der Waals surface area contributed by atoms with Crippen LogP contribution in [0.5, 0.6) is 0 Å². The molecule has 1 atom stereocenters. The zero-order chi connectivity index (χ0) is 14.7. The van der Waals surface area contributed by atoms with Crippen LogP contribution in [0.4, 0.5) is 5.88 Å². The lowest BCUT2D eigenvalue weighted by Crippen LogP contribution is -2.39. The second-order valence-electron chi connectivity index (χ2n) is 5.47. The average Bonchev–Trinajstić information content (AvgIpc) is 3.11. The first kappa shape index (κ1) is 13.8. The summed E-state index contributed by atoms with van der Waals surface area (Å²) in [6.45, 7) is 3.99. The normalized spacial score (nSPS) is 19.6. The molecule has 0 bridgehead atoms. The zero-order valence-corrected chi connectivity index (χ0v) is 12.0. The van der Waals surface area contributed by atoms with Gasteiger partial charge in [0.05, 0.1) is 12.2 Å². The van der Waals surface area contributed by atoms with Crippen molar-refractivity contribution in [3.05, 3.63) is 29.7 Å². The van der Waals surface area contributed by atoms with E-state index in [4.69, 9.17) is 4.52 Å². The van der Waals surface area contributed by atoms with Crippen LogP contribution in [0.25, 0.3) is 0 Å². The lowest BCUT2D eigenvalue weighted by atomic mass is 9.95. The Balaban J connectivity index is 1.53. The van der Waals surface area contributed by atoms with Crippen molar-refractivity contribution < 1.29 is 9.32 Å². The Morgan fingerprint density at radius 3 is 3.24 bits per heavy atom. The lowest BCUT2D eigenvalue weighted by Gasteiger charge is -2.31. The number of hydrogen-bond acceptors (Lipinski definition) is 5. The van der Waals surface area contributed by atoms with Crippen LogP contribution < -0.4 is 5.32 Å². The topological polar surface area (TPSA) is 87.0 Å². The van der Waals surface area contributed by atoms with Gasteiger partial charge in [-0.2, -0.15) is 5.10 Å². The van der Waals surface area contributed by atoms with Gasteiger partial charge in [0.1, 0.15) is 0 Å². The number of H-pyrrole nitrogens is 1. The second kappa shape index (κ2) is 6.09. The first-order valence-corrected chi connectivity index (χ1v) is 7.15. The molecular weight excluding hydrogens is 270 g/mol. The van der Waals surface area contributed by atoms with E-state index in [1.807, 2.05) is 13.0 Å². The monoisotopic (exact) mass is 289 g/mol. The maximum Gasteiger partial charge on any atom is 0.240 e. The van der Waals surface area contributed by atoms with Crippen LogP contribution in [0.3, 0.4) is 0 Å². The molecule has 3 heterocycles. The minimum absolute atomic E-state index is 0.0728. The maximum absolute atomic E-state index is 12.0. The SMILES string of the molecule is Cc1cc(NC(=O)CN2CCC[C@H](c3ccn[nH]3)C2)on1. The van der Waals surface area contributed by atoms with Gasteiger partial charge in [-0.3, -0.25) is 20.1 Å². The van der Waals surface area contributed by atoms with E-state index in [0.717, 1.165) is 37.3 Å². The third kappa shape index (κ3) is 3.49. The van der Waals surface area contributed by atoms with E-state index in [9.17, 15) is 4.79 Å². The molecule has 3 rings (SSSR count). The summed E-state index contributed by atoms with van der Waals surface area (Å²) in [5.41, 5.74) is 1.90. The molecule has 2 N–H and O–H groups in total. The maximum atomic E-state index is 12.0. The number of anilines is 1. The summed E-state index contributed by atoms with van der Waals surface area (Å²) in [5, 5.41) is 13.5. The summed E-state index contributed by atoms with van der Waals surface area (Å²) in [5.74, 6) is 0.748. The van der Waals surface area contributed by atoms with E-state index in [2.05, 4.69) is 25.6 Å². The van der Waals surface area contributed by atoms with Gasteiger partial charge in [-0.05, 0) is 32.4 Å². The summed E-state index contributed by atoms with van der Waals surface area (Å²) in [6.07, 6.45) is 3.98. The third-order valence-corrected chi connectivity index (χ3v) is 3.73. The number of hydrogen-bond donors (Lipinski definition) is 2. The molecule has 0 unspecified atom stereocenters. The smallest absolute Gasteiger partial charge is 0.240 e. The molecule has 1 amide bonds. The fourth-order valence-electron chi connectivity index (χ4n) is 2.75. The predicted molar refractivity (Wildman–Crippen MR) is 76.9 cm³/mol. The Morgan fingerprint density at radius 2 is 2.52 bits per heavy atom. The minimum atomic E-state index is -0.0728. The molecule has 0 aliphatic carbocycles. The first-order chi connectivity index (χ1) is 10.2. The Bertz CT molecular complexity index is 592. The Morgan fingerprint density at radius 1 is 1.62 bits per heavy atom. The average molecular weight is 289 g/mol. The standard InChI is InChI=1S/C14H19N5O2/c1-10-7-14(21-18-10)16-13(20)9-19-6-2-3-11(8-19)12-4-5-15-17-12/h4-5,7,11H,2-3,6,8-9H2,1H3,(H,15,17)(H,16,20)/t11-/m0/s1. The molecule has 2 aromatic rings. The number of carbonyl (C=O) groups is 1. The van der Waals surface area contributed by atoms with Crippen molar-refractivity contribution >= 4 is 11.8 Å². The van der Waals surface area contributed by atoms with Gasteiger partial charge in [0.25, 0.3) is 0 Å². The zero-order valence-electron chi connectivity index (χ0n) is 12.0. The number of aromatic amines is 1. The van der Waals surface area contributed by atoms with E-state index in [1.54, 1.807) is 12.3 Å². The number of nitrogens with zero attached hydrogens (tertiary/aromatic N) is 3. The van der Waals surface area contributed by atoms with Gasteiger partial charge in [0.15, 0.2) is 0 Å². The summed E-state index contributed by atoms with van der Waals surface area (Å²) in [4.78, 5) is 14.2. The molecule has 0 radical (unpaired) electrons. The highest BCUT2D eigenvalue weighted by atomic mass is 16.5. The summed E-state index contributed by atoms with van der Waals surface area (Å²) >= 11 is 0. The number of aromatic nitrogens is 3. The van der Waals surface area contributed by atoms with Crippen molar-refractivity contribution in [2.45, 2.75) is 25.7 Å². The van der Waals surface area contributed by atoms with E-state index >= 15 is 0 Å². The summed E-state index contributed by atoms with van der Waals surface area (Å²) in [6, 6.07) is 3.72. The van der Waals surface area contributed by atoms with Gasteiger partial charge in [-0.25, -0.2) is 0 Å².